The van der Waals surface area contributed by atoms with Gasteiger partial charge in [-0.05, 0) is 6.42 Å². The summed E-state index contributed by atoms with van der Waals surface area (Å²) in [6.07, 6.45) is 0.990. The molecule has 7 heteroatoms. The molecule has 1 heterocycles. The molecule has 0 spiro atoms. The van der Waals surface area contributed by atoms with E-state index in [1.54, 1.807) is 0 Å². The lowest BCUT2D eigenvalue weighted by Crippen LogP contribution is -2.09. The largest absolute Gasteiger partial charge is 0.467 e. The van der Waals surface area contributed by atoms with E-state index in [0.717, 1.165) is 13.0 Å². The Hall–Kier alpha value is -1.08. The first-order valence-corrected chi connectivity index (χ1v) is 6.39. The zero-order chi connectivity index (χ0) is 12.7. The van der Waals surface area contributed by atoms with Gasteiger partial charge in [0.05, 0.1) is 13.7 Å². The second-order valence-corrected chi connectivity index (χ2v) is 4.87. The van der Waals surface area contributed by atoms with Gasteiger partial charge in [0.25, 0.3) is 0 Å². The highest BCUT2D eigenvalue weighted by molar-refractivity contribution is 7.99. The van der Waals surface area contributed by atoms with Crippen molar-refractivity contribution in [2.75, 3.05) is 25.6 Å². The van der Waals surface area contributed by atoms with Crippen molar-refractivity contribution in [1.82, 2.24) is 15.0 Å². The van der Waals surface area contributed by atoms with Gasteiger partial charge in [-0.1, -0.05) is 25.6 Å². The highest BCUT2D eigenvalue weighted by atomic mass is 32.2. The van der Waals surface area contributed by atoms with Crippen molar-refractivity contribution in [2.24, 2.45) is 0 Å². The van der Waals surface area contributed by atoms with Crippen LogP contribution in [0.4, 0.5) is 5.95 Å². The Kier molecular flexibility index (Phi) is 5.99. The number of thioether (sulfide) groups is 1. The van der Waals surface area contributed by atoms with E-state index in [0.29, 0.717) is 11.1 Å². The molecular weight excluding hydrogens is 240 g/mol. The van der Waals surface area contributed by atoms with Crippen molar-refractivity contribution >= 4 is 17.7 Å². The minimum absolute atomic E-state index is 0.0427. The third-order valence-electron chi connectivity index (χ3n) is 1.87. The molecule has 1 rings (SSSR count). The SMILES string of the molecule is CCCNc1nc(OC)nc(SC(C)CO)n1. The number of aromatic nitrogens is 3. The molecule has 0 aliphatic rings. The van der Waals surface area contributed by atoms with Crippen molar-refractivity contribution in [3.05, 3.63) is 0 Å². The summed E-state index contributed by atoms with van der Waals surface area (Å²) in [6.45, 7) is 4.85. The van der Waals surface area contributed by atoms with Crippen LogP contribution in [0, 0.1) is 0 Å². The van der Waals surface area contributed by atoms with Crippen molar-refractivity contribution < 1.29 is 9.84 Å². The fourth-order valence-corrected chi connectivity index (χ4v) is 1.72. The third kappa shape index (κ3) is 4.74. The zero-order valence-electron chi connectivity index (χ0n) is 10.3. The lowest BCUT2D eigenvalue weighted by molar-refractivity contribution is 0.299. The summed E-state index contributed by atoms with van der Waals surface area (Å²) in [5, 5.41) is 12.7. The number of hydrogen-bond donors (Lipinski definition) is 2. The molecule has 0 radical (unpaired) electrons. The molecule has 0 aromatic carbocycles. The van der Waals surface area contributed by atoms with Crippen LogP contribution in [0.1, 0.15) is 20.3 Å². The zero-order valence-corrected chi connectivity index (χ0v) is 11.1. The maximum atomic E-state index is 8.99. The second kappa shape index (κ2) is 7.29. The predicted molar refractivity (Wildman–Crippen MR) is 67.6 cm³/mol. The molecule has 1 aromatic heterocycles. The Morgan fingerprint density at radius 1 is 1.41 bits per heavy atom. The average molecular weight is 258 g/mol. The van der Waals surface area contributed by atoms with Crippen LogP contribution in [0.2, 0.25) is 0 Å². The molecule has 96 valence electrons. The van der Waals surface area contributed by atoms with Gasteiger partial charge < -0.3 is 15.2 Å². The van der Waals surface area contributed by atoms with Crippen LogP contribution in [0.25, 0.3) is 0 Å². The molecule has 0 aliphatic heterocycles. The van der Waals surface area contributed by atoms with Gasteiger partial charge in [-0.15, -0.1) is 0 Å². The molecule has 0 aliphatic carbocycles. The van der Waals surface area contributed by atoms with Gasteiger partial charge >= 0.3 is 6.01 Å². The van der Waals surface area contributed by atoms with Crippen LogP contribution in [-0.4, -0.2) is 45.6 Å². The second-order valence-electron chi connectivity index (χ2n) is 3.47. The van der Waals surface area contributed by atoms with Crippen molar-refractivity contribution in [3.63, 3.8) is 0 Å². The number of anilines is 1. The Labute approximate surface area is 105 Å². The van der Waals surface area contributed by atoms with Gasteiger partial charge in [-0.2, -0.15) is 15.0 Å². The van der Waals surface area contributed by atoms with Crippen LogP contribution in [0.3, 0.4) is 0 Å². The lowest BCUT2D eigenvalue weighted by atomic mass is 10.5. The highest BCUT2D eigenvalue weighted by Gasteiger charge is 2.10. The van der Waals surface area contributed by atoms with E-state index in [1.807, 2.05) is 6.92 Å². The molecule has 0 amide bonds. The summed E-state index contributed by atoms with van der Waals surface area (Å²) in [5.74, 6) is 0.506. The molecule has 0 fully saturated rings. The van der Waals surface area contributed by atoms with Crippen LogP contribution in [0.15, 0.2) is 5.16 Å². The number of ether oxygens (including phenoxy) is 1. The maximum Gasteiger partial charge on any atom is 0.321 e. The number of hydrogen-bond acceptors (Lipinski definition) is 7. The molecule has 17 heavy (non-hydrogen) atoms. The van der Waals surface area contributed by atoms with Gasteiger partial charge in [0.15, 0.2) is 5.16 Å². The molecule has 2 N–H and O–H groups in total. The molecule has 1 atom stereocenters. The monoisotopic (exact) mass is 258 g/mol. The summed E-state index contributed by atoms with van der Waals surface area (Å²) in [7, 11) is 1.52. The van der Waals surface area contributed by atoms with Crippen molar-refractivity contribution in [1.29, 1.82) is 0 Å². The van der Waals surface area contributed by atoms with Gasteiger partial charge in [0.1, 0.15) is 0 Å². The van der Waals surface area contributed by atoms with Crippen molar-refractivity contribution in [3.8, 4) is 6.01 Å². The normalized spacial score (nSPS) is 12.2. The molecule has 1 aromatic rings. The summed E-state index contributed by atoms with van der Waals surface area (Å²) in [5.41, 5.74) is 0. The summed E-state index contributed by atoms with van der Waals surface area (Å²) in [4.78, 5) is 12.5. The van der Waals surface area contributed by atoms with Crippen molar-refractivity contribution in [2.45, 2.75) is 30.7 Å². The first-order valence-electron chi connectivity index (χ1n) is 5.51. The first kappa shape index (κ1) is 14.0. The van der Waals surface area contributed by atoms with Gasteiger partial charge in [0, 0.05) is 11.8 Å². The number of nitrogens with zero attached hydrogens (tertiary/aromatic N) is 3. The number of aliphatic hydroxyl groups is 1. The minimum atomic E-state index is 0.0427. The van der Waals surface area contributed by atoms with E-state index < -0.39 is 0 Å². The van der Waals surface area contributed by atoms with Gasteiger partial charge in [0.2, 0.25) is 5.95 Å². The summed E-state index contributed by atoms with van der Waals surface area (Å²) in [6, 6.07) is 0.284. The Bertz CT molecular complexity index is 351. The van der Waals surface area contributed by atoms with E-state index >= 15 is 0 Å². The standard InChI is InChI=1S/C10H18N4O2S/c1-4-5-11-8-12-9(16-3)14-10(13-8)17-7(2)6-15/h7,15H,4-6H2,1-3H3,(H,11,12,13,14). The fourth-order valence-electron chi connectivity index (χ4n) is 1.02. The quantitative estimate of drug-likeness (QED) is 0.711. The molecule has 0 bridgehead atoms. The van der Waals surface area contributed by atoms with E-state index in [9.17, 15) is 0 Å². The van der Waals surface area contributed by atoms with E-state index in [4.69, 9.17) is 9.84 Å². The lowest BCUT2D eigenvalue weighted by Gasteiger charge is -2.09. The highest BCUT2D eigenvalue weighted by Crippen LogP contribution is 2.21. The van der Waals surface area contributed by atoms with E-state index in [2.05, 4.69) is 27.2 Å². The third-order valence-corrected chi connectivity index (χ3v) is 2.82. The fraction of sp³-hybridized carbons (Fsp3) is 0.700. The van der Waals surface area contributed by atoms with Crippen LogP contribution < -0.4 is 10.1 Å². The van der Waals surface area contributed by atoms with Crippen LogP contribution in [-0.2, 0) is 0 Å². The number of aliphatic hydroxyl groups excluding tert-OH is 1. The van der Waals surface area contributed by atoms with Crippen LogP contribution >= 0.6 is 11.8 Å². The Balaban J connectivity index is 2.80. The number of methoxy groups -OCH3 is 1. The average Bonchev–Trinajstić information content (AvgIpc) is 2.35. The molecule has 0 saturated carbocycles. The molecular formula is C10H18N4O2S. The first-order chi connectivity index (χ1) is 8.19. The Morgan fingerprint density at radius 3 is 2.76 bits per heavy atom. The van der Waals surface area contributed by atoms with Crippen LogP contribution in [0.5, 0.6) is 6.01 Å². The van der Waals surface area contributed by atoms with E-state index in [-0.39, 0.29) is 17.9 Å². The topological polar surface area (TPSA) is 80.2 Å². The number of rotatable bonds is 7. The summed E-state index contributed by atoms with van der Waals surface area (Å²) >= 11 is 1.39. The predicted octanol–water partition coefficient (Wildman–Crippen LogP) is 1.17. The Morgan fingerprint density at radius 2 is 2.18 bits per heavy atom. The molecule has 6 nitrogen and oxygen atoms in total. The molecule has 0 saturated heterocycles. The minimum Gasteiger partial charge on any atom is -0.467 e. The summed E-state index contributed by atoms with van der Waals surface area (Å²) < 4.78 is 5.01. The van der Waals surface area contributed by atoms with Gasteiger partial charge in [-0.3, -0.25) is 0 Å². The molecule has 1 unspecified atom stereocenters. The number of nitrogens with one attached hydrogen (secondary N) is 1. The maximum absolute atomic E-state index is 8.99. The smallest absolute Gasteiger partial charge is 0.321 e. The van der Waals surface area contributed by atoms with Gasteiger partial charge in [-0.25, -0.2) is 0 Å². The van der Waals surface area contributed by atoms with E-state index in [1.165, 1.54) is 18.9 Å².